The maximum Gasteiger partial charge on any atom is 0.489 e. The van der Waals surface area contributed by atoms with Crippen LogP contribution in [-0.2, 0) is 10.9 Å². The van der Waals surface area contributed by atoms with E-state index in [1.54, 1.807) is 0 Å². The van der Waals surface area contributed by atoms with Gasteiger partial charge in [0.15, 0.2) is 6.23 Å². The highest BCUT2D eigenvalue weighted by atomic mass is 19.4. The molecule has 2 N–H and O–H groups in total. The standard InChI is InChI=1S/C15H15BF4N2O3/c1-8(17)13-10(15(18,19)20)6-11-9(14(13)16(23)24)7-21-22(11)12-4-2-3-5-25-12/h6-7,12,23-24H,1-5H2. The van der Waals surface area contributed by atoms with Gasteiger partial charge in [0, 0.05) is 23.0 Å². The largest absolute Gasteiger partial charge is 0.489 e. The Morgan fingerprint density at radius 1 is 1.36 bits per heavy atom. The molecule has 0 radical (unpaired) electrons. The normalized spacial score (nSPS) is 18.6. The molecule has 1 aliphatic rings. The van der Waals surface area contributed by atoms with E-state index >= 15 is 0 Å². The molecule has 0 aliphatic carbocycles. The van der Waals surface area contributed by atoms with Crippen molar-refractivity contribution >= 4 is 29.3 Å². The van der Waals surface area contributed by atoms with Gasteiger partial charge in [-0.3, -0.25) is 0 Å². The number of aromatic nitrogens is 2. The lowest BCUT2D eigenvalue weighted by Crippen LogP contribution is -2.35. The molecule has 2 heterocycles. The van der Waals surface area contributed by atoms with E-state index in [4.69, 9.17) is 4.74 Å². The molecule has 0 saturated carbocycles. The maximum atomic E-state index is 13.8. The van der Waals surface area contributed by atoms with Crippen LogP contribution in [0, 0.1) is 0 Å². The molecule has 1 fully saturated rings. The van der Waals surface area contributed by atoms with E-state index < -0.39 is 41.9 Å². The van der Waals surface area contributed by atoms with Crippen LogP contribution in [0.1, 0.15) is 36.6 Å². The molecule has 3 rings (SSSR count). The molecule has 134 valence electrons. The van der Waals surface area contributed by atoms with Crippen LogP contribution in [-0.4, -0.2) is 33.6 Å². The fourth-order valence-corrected chi connectivity index (χ4v) is 3.14. The third kappa shape index (κ3) is 3.16. The molecule has 0 bridgehead atoms. The van der Waals surface area contributed by atoms with Gasteiger partial charge in [-0.25, -0.2) is 9.07 Å². The van der Waals surface area contributed by atoms with E-state index in [9.17, 15) is 27.6 Å². The average Bonchev–Trinajstić information content (AvgIpc) is 2.96. The lowest BCUT2D eigenvalue weighted by atomic mass is 9.73. The first-order chi connectivity index (χ1) is 11.7. The smallest absolute Gasteiger partial charge is 0.423 e. The predicted octanol–water partition coefficient (Wildman–Crippen LogP) is 2.37. The van der Waals surface area contributed by atoms with Crippen LogP contribution in [0.2, 0.25) is 0 Å². The van der Waals surface area contributed by atoms with E-state index in [1.165, 1.54) is 10.9 Å². The summed E-state index contributed by atoms with van der Waals surface area (Å²) in [6.45, 7) is 3.36. The highest BCUT2D eigenvalue weighted by Crippen LogP contribution is 2.37. The number of fused-ring (bicyclic) bond motifs is 1. The Hall–Kier alpha value is -1.91. The van der Waals surface area contributed by atoms with E-state index in [1.807, 2.05) is 0 Å². The molecule has 2 aromatic rings. The number of hydrogen-bond donors (Lipinski definition) is 2. The van der Waals surface area contributed by atoms with Crippen molar-refractivity contribution in [2.24, 2.45) is 0 Å². The highest BCUT2D eigenvalue weighted by Gasteiger charge is 2.39. The Kier molecular flexibility index (Phi) is 4.61. The highest BCUT2D eigenvalue weighted by molar-refractivity contribution is 6.63. The molecule has 10 heteroatoms. The minimum absolute atomic E-state index is 0.00553. The van der Waals surface area contributed by atoms with Gasteiger partial charge in [0.05, 0.1) is 17.3 Å². The molecule has 1 aliphatic heterocycles. The van der Waals surface area contributed by atoms with E-state index in [2.05, 4.69) is 11.7 Å². The molecular weight excluding hydrogens is 343 g/mol. The van der Waals surface area contributed by atoms with Gasteiger partial charge in [-0.05, 0) is 25.3 Å². The van der Waals surface area contributed by atoms with E-state index in [0.29, 0.717) is 13.0 Å². The van der Waals surface area contributed by atoms with Gasteiger partial charge in [-0.2, -0.15) is 18.3 Å². The molecule has 0 spiro atoms. The monoisotopic (exact) mass is 358 g/mol. The van der Waals surface area contributed by atoms with Gasteiger partial charge >= 0.3 is 13.3 Å². The Balaban J connectivity index is 2.32. The fraction of sp³-hybridized carbons (Fsp3) is 0.400. The minimum Gasteiger partial charge on any atom is -0.423 e. The molecule has 1 aromatic carbocycles. The molecule has 1 unspecified atom stereocenters. The number of nitrogens with zero attached hydrogens (tertiary/aromatic N) is 2. The van der Waals surface area contributed by atoms with E-state index in [0.717, 1.165) is 18.9 Å². The maximum absolute atomic E-state index is 13.8. The van der Waals surface area contributed by atoms with Gasteiger partial charge in [0.25, 0.3) is 0 Å². The van der Waals surface area contributed by atoms with Gasteiger partial charge in [0.1, 0.15) is 5.83 Å². The van der Waals surface area contributed by atoms with Crippen LogP contribution in [0.4, 0.5) is 17.6 Å². The van der Waals surface area contributed by atoms with Crippen molar-refractivity contribution in [3.8, 4) is 0 Å². The number of hydrogen-bond acceptors (Lipinski definition) is 4. The Morgan fingerprint density at radius 3 is 2.60 bits per heavy atom. The van der Waals surface area contributed by atoms with Crippen LogP contribution in [0.25, 0.3) is 16.7 Å². The summed E-state index contributed by atoms with van der Waals surface area (Å²) in [4.78, 5) is 0. The van der Waals surface area contributed by atoms with Crippen molar-refractivity contribution in [1.29, 1.82) is 0 Å². The summed E-state index contributed by atoms with van der Waals surface area (Å²) < 4.78 is 60.9. The van der Waals surface area contributed by atoms with Crippen LogP contribution in [0.3, 0.4) is 0 Å². The number of benzene rings is 1. The first-order valence-electron chi connectivity index (χ1n) is 7.65. The predicted molar refractivity (Wildman–Crippen MR) is 83.5 cm³/mol. The van der Waals surface area contributed by atoms with Crippen molar-refractivity contribution in [3.05, 3.63) is 30.0 Å². The van der Waals surface area contributed by atoms with Gasteiger partial charge < -0.3 is 14.8 Å². The fourth-order valence-electron chi connectivity index (χ4n) is 3.14. The molecule has 0 amide bonds. The first-order valence-corrected chi connectivity index (χ1v) is 7.65. The zero-order chi connectivity index (χ0) is 18.4. The van der Waals surface area contributed by atoms with Crippen molar-refractivity contribution in [2.75, 3.05) is 6.61 Å². The Morgan fingerprint density at radius 2 is 2.08 bits per heavy atom. The quantitative estimate of drug-likeness (QED) is 0.653. The lowest BCUT2D eigenvalue weighted by molar-refractivity contribution is -0.137. The third-order valence-corrected chi connectivity index (χ3v) is 4.21. The van der Waals surface area contributed by atoms with Crippen LogP contribution in [0.15, 0.2) is 18.8 Å². The van der Waals surface area contributed by atoms with Crippen molar-refractivity contribution in [1.82, 2.24) is 9.78 Å². The summed E-state index contributed by atoms with van der Waals surface area (Å²) in [5.41, 5.74) is -2.93. The van der Waals surface area contributed by atoms with Crippen LogP contribution >= 0.6 is 0 Å². The second-order valence-electron chi connectivity index (χ2n) is 5.83. The second-order valence-corrected chi connectivity index (χ2v) is 5.83. The summed E-state index contributed by atoms with van der Waals surface area (Å²) in [5, 5.41) is 23.2. The van der Waals surface area contributed by atoms with Gasteiger partial charge in [-0.15, -0.1) is 0 Å². The third-order valence-electron chi connectivity index (χ3n) is 4.21. The molecule has 1 atom stereocenters. The average molecular weight is 358 g/mol. The molecular formula is C15H15BF4N2O3. The Labute approximate surface area is 140 Å². The molecule has 25 heavy (non-hydrogen) atoms. The number of halogens is 4. The van der Waals surface area contributed by atoms with Crippen molar-refractivity contribution in [3.63, 3.8) is 0 Å². The van der Waals surface area contributed by atoms with Crippen molar-refractivity contribution in [2.45, 2.75) is 31.7 Å². The molecule has 5 nitrogen and oxygen atoms in total. The minimum atomic E-state index is -4.91. The Bertz CT molecular complexity index is 813. The zero-order valence-corrected chi connectivity index (χ0v) is 13.1. The summed E-state index contributed by atoms with van der Waals surface area (Å²) in [7, 11) is -2.32. The number of alkyl halides is 3. The van der Waals surface area contributed by atoms with E-state index in [-0.39, 0.29) is 10.9 Å². The van der Waals surface area contributed by atoms with Crippen molar-refractivity contribution < 1.29 is 32.3 Å². The topological polar surface area (TPSA) is 67.5 Å². The summed E-state index contributed by atoms with van der Waals surface area (Å²) in [6.07, 6.45) is -2.06. The summed E-state index contributed by atoms with van der Waals surface area (Å²) in [5.74, 6) is -1.40. The second kappa shape index (κ2) is 6.43. The van der Waals surface area contributed by atoms with Crippen LogP contribution in [0.5, 0.6) is 0 Å². The van der Waals surface area contributed by atoms with Gasteiger partial charge in [0.2, 0.25) is 0 Å². The van der Waals surface area contributed by atoms with Crippen LogP contribution < -0.4 is 5.46 Å². The van der Waals surface area contributed by atoms with Gasteiger partial charge in [-0.1, -0.05) is 6.58 Å². The first kappa shape index (κ1) is 17.9. The zero-order valence-electron chi connectivity index (χ0n) is 13.1. The SMILES string of the molecule is C=C(F)c1c(C(F)(F)F)cc2c(cnn2C2CCCCO2)c1B(O)O. The number of rotatable bonds is 3. The summed E-state index contributed by atoms with van der Waals surface area (Å²) >= 11 is 0. The molecule has 1 saturated heterocycles. The number of ether oxygens (including phenoxy) is 1. The molecule has 1 aromatic heterocycles. The lowest BCUT2D eigenvalue weighted by Gasteiger charge is -2.24. The summed E-state index contributed by atoms with van der Waals surface area (Å²) in [6, 6.07) is 0.742.